The normalized spacial score (nSPS) is 18.1. The van der Waals surface area contributed by atoms with E-state index in [1.54, 1.807) is 24.1 Å². The highest BCUT2D eigenvalue weighted by molar-refractivity contribution is 6.30. The molecule has 4 aromatic rings. The number of hydrogen-bond donors (Lipinski definition) is 1. The van der Waals surface area contributed by atoms with Gasteiger partial charge in [0.25, 0.3) is 5.56 Å². The Morgan fingerprint density at radius 2 is 1.92 bits per heavy atom. The van der Waals surface area contributed by atoms with Crippen molar-refractivity contribution in [2.75, 3.05) is 5.32 Å². The fraction of sp³-hybridized carbons (Fsp3) is 0.280. The van der Waals surface area contributed by atoms with Gasteiger partial charge in [-0.15, -0.1) is 0 Å². The first kappa shape index (κ1) is 23.8. The zero-order chi connectivity index (χ0) is 25.4. The summed E-state index contributed by atoms with van der Waals surface area (Å²) in [5.41, 5.74) is 2.45. The maximum atomic E-state index is 14.5. The molecule has 2 atom stereocenters. The van der Waals surface area contributed by atoms with Crippen molar-refractivity contribution in [1.29, 1.82) is 0 Å². The molecule has 0 aliphatic carbocycles. The average molecular weight is 508 g/mol. The molecule has 1 N–H and O–H groups in total. The standard InChI is InChI=1S/C25H23ClFN7O2/c1-14-4-3-5-20(34-13-30-18(11-21(34)35)23-22(27)16(26)7-9-29-23)17-10-15(6-8-28-17)24-19(32-25(14)36)12-31-33(24)2/h6-14,20H,3-5H2,1-2H3,(H,32,36)/t14-,20+/m1/s1. The number of nitrogens with one attached hydrogen (secondary N) is 1. The molecule has 9 nitrogen and oxygen atoms in total. The minimum absolute atomic E-state index is 0.0881. The number of carbonyl (C=O) groups excluding carboxylic acids is 1. The molecule has 184 valence electrons. The molecule has 1 aliphatic heterocycles. The maximum absolute atomic E-state index is 14.5. The Kier molecular flexibility index (Phi) is 6.36. The molecule has 5 rings (SSSR count). The summed E-state index contributed by atoms with van der Waals surface area (Å²) < 4.78 is 17.6. The molecule has 2 bridgehead atoms. The third-order valence-electron chi connectivity index (χ3n) is 6.41. The maximum Gasteiger partial charge on any atom is 0.254 e. The van der Waals surface area contributed by atoms with Crippen LogP contribution in [-0.4, -0.2) is 35.2 Å². The summed E-state index contributed by atoms with van der Waals surface area (Å²) in [5.74, 6) is -1.06. The summed E-state index contributed by atoms with van der Waals surface area (Å²) in [4.78, 5) is 38.9. The van der Waals surface area contributed by atoms with Gasteiger partial charge in [0.1, 0.15) is 5.69 Å². The lowest BCUT2D eigenvalue weighted by atomic mass is 9.97. The highest BCUT2D eigenvalue weighted by Crippen LogP contribution is 2.32. The number of rotatable bonds is 2. The molecule has 0 saturated carbocycles. The molecular weight excluding hydrogens is 485 g/mol. The molecule has 0 aromatic carbocycles. The molecule has 0 saturated heterocycles. The van der Waals surface area contributed by atoms with Crippen LogP contribution in [0.25, 0.3) is 22.6 Å². The van der Waals surface area contributed by atoms with Crippen LogP contribution in [0.5, 0.6) is 0 Å². The first-order valence-electron chi connectivity index (χ1n) is 11.5. The summed E-state index contributed by atoms with van der Waals surface area (Å²) in [7, 11) is 1.80. The highest BCUT2D eigenvalue weighted by atomic mass is 35.5. The fourth-order valence-corrected chi connectivity index (χ4v) is 4.60. The fourth-order valence-electron chi connectivity index (χ4n) is 4.46. The number of aryl methyl sites for hydroxylation is 1. The molecule has 11 heteroatoms. The molecule has 0 spiro atoms. The number of amides is 1. The number of halogens is 2. The van der Waals surface area contributed by atoms with Gasteiger partial charge in [0, 0.05) is 37.0 Å². The summed E-state index contributed by atoms with van der Waals surface area (Å²) in [6, 6.07) is 5.86. The number of aromatic nitrogens is 6. The largest absolute Gasteiger partial charge is 0.323 e. The van der Waals surface area contributed by atoms with E-state index >= 15 is 0 Å². The van der Waals surface area contributed by atoms with E-state index in [9.17, 15) is 14.0 Å². The van der Waals surface area contributed by atoms with E-state index in [2.05, 4.69) is 25.4 Å². The van der Waals surface area contributed by atoms with Gasteiger partial charge < -0.3 is 5.32 Å². The molecule has 5 heterocycles. The van der Waals surface area contributed by atoms with Crippen molar-refractivity contribution in [3.8, 4) is 22.6 Å². The SMILES string of the molecule is C[C@@H]1CCC[C@H](n2cnc(-c3nccc(Cl)c3F)cc2=O)c2cc(ccn2)-c2c(cnn2C)NC1=O. The lowest BCUT2D eigenvalue weighted by Gasteiger charge is -2.22. The van der Waals surface area contributed by atoms with E-state index in [1.165, 1.54) is 29.2 Å². The van der Waals surface area contributed by atoms with Crippen molar-refractivity contribution in [2.45, 2.75) is 32.2 Å². The number of hydrogen-bond acceptors (Lipinski definition) is 6. The van der Waals surface area contributed by atoms with Crippen molar-refractivity contribution in [2.24, 2.45) is 13.0 Å². The molecular formula is C25H23ClFN7O2. The van der Waals surface area contributed by atoms with Gasteiger partial charge in [0.05, 0.1) is 46.4 Å². The Hall–Kier alpha value is -3.92. The zero-order valence-electron chi connectivity index (χ0n) is 19.7. The minimum atomic E-state index is -0.733. The van der Waals surface area contributed by atoms with Crippen molar-refractivity contribution >= 4 is 23.2 Å². The highest BCUT2D eigenvalue weighted by Gasteiger charge is 2.24. The van der Waals surface area contributed by atoms with Gasteiger partial charge >= 0.3 is 0 Å². The Bertz CT molecular complexity index is 1520. The third-order valence-corrected chi connectivity index (χ3v) is 6.70. The second-order valence-electron chi connectivity index (χ2n) is 8.81. The molecule has 36 heavy (non-hydrogen) atoms. The van der Waals surface area contributed by atoms with Gasteiger partial charge in [-0.1, -0.05) is 24.9 Å². The van der Waals surface area contributed by atoms with Gasteiger partial charge in [-0.3, -0.25) is 28.8 Å². The summed E-state index contributed by atoms with van der Waals surface area (Å²) in [6.07, 6.45) is 7.88. The van der Waals surface area contributed by atoms with Crippen LogP contribution >= 0.6 is 11.6 Å². The Morgan fingerprint density at radius 1 is 1.11 bits per heavy atom. The van der Waals surface area contributed by atoms with E-state index in [1.807, 2.05) is 19.1 Å². The van der Waals surface area contributed by atoms with Crippen LogP contribution in [-0.2, 0) is 11.8 Å². The lowest BCUT2D eigenvalue weighted by Crippen LogP contribution is -2.27. The van der Waals surface area contributed by atoms with Crippen LogP contribution in [0.1, 0.15) is 37.9 Å². The van der Waals surface area contributed by atoms with Crippen molar-refractivity contribution in [3.05, 3.63) is 76.1 Å². The van der Waals surface area contributed by atoms with Crippen molar-refractivity contribution < 1.29 is 9.18 Å². The van der Waals surface area contributed by atoms with Crippen molar-refractivity contribution in [1.82, 2.24) is 29.3 Å². The first-order valence-corrected chi connectivity index (χ1v) is 11.9. The zero-order valence-corrected chi connectivity index (χ0v) is 20.4. The summed E-state index contributed by atoms with van der Waals surface area (Å²) in [5, 5.41) is 7.20. The van der Waals surface area contributed by atoms with E-state index < -0.39 is 11.9 Å². The Balaban J connectivity index is 1.60. The van der Waals surface area contributed by atoms with Gasteiger partial charge in [-0.25, -0.2) is 9.37 Å². The predicted molar refractivity (Wildman–Crippen MR) is 133 cm³/mol. The van der Waals surface area contributed by atoms with Crippen LogP contribution < -0.4 is 10.9 Å². The van der Waals surface area contributed by atoms with E-state index in [4.69, 9.17) is 11.6 Å². The third kappa shape index (κ3) is 4.39. The predicted octanol–water partition coefficient (Wildman–Crippen LogP) is 4.24. The second kappa shape index (κ2) is 9.62. The monoisotopic (exact) mass is 507 g/mol. The number of fused-ring (bicyclic) bond motifs is 4. The minimum Gasteiger partial charge on any atom is -0.323 e. The van der Waals surface area contributed by atoms with E-state index in [0.717, 1.165) is 11.3 Å². The molecule has 4 aromatic heterocycles. The summed E-state index contributed by atoms with van der Waals surface area (Å²) >= 11 is 5.87. The van der Waals surface area contributed by atoms with Crippen molar-refractivity contribution in [3.63, 3.8) is 0 Å². The molecule has 1 aliphatic rings. The quantitative estimate of drug-likeness (QED) is 0.435. The number of pyridine rings is 2. The summed E-state index contributed by atoms with van der Waals surface area (Å²) in [6.45, 7) is 1.87. The van der Waals surface area contributed by atoms with Gasteiger partial charge in [-0.05, 0) is 31.0 Å². The topological polar surface area (TPSA) is 108 Å². The molecule has 1 amide bonds. The molecule has 0 fully saturated rings. The van der Waals surface area contributed by atoms with Gasteiger partial charge in [0.15, 0.2) is 5.82 Å². The second-order valence-corrected chi connectivity index (χ2v) is 9.22. The van der Waals surface area contributed by atoms with Gasteiger partial charge in [-0.2, -0.15) is 5.10 Å². The Morgan fingerprint density at radius 3 is 2.72 bits per heavy atom. The van der Waals surface area contributed by atoms with Crippen LogP contribution in [0, 0.1) is 11.7 Å². The number of anilines is 1. The Labute approximate surface area is 211 Å². The smallest absolute Gasteiger partial charge is 0.254 e. The van der Waals surface area contributed by atoms with Gasteiger partial charge in [0.2, 0.25) is 5.91 Å². The lowest BCUT2D eigenvalue weighted by molar-refractivity contribution is -0.119. The van der Waals surface area contributed by atoms with Crippen LogP contribution in [0.3, 0.4) is 0 Å². The van der Waals surface area contributed by atoms with Crippen LogP contribution in [0.2, 0.25) is 5.02 Å². The molecule has 0 unspecified atom stereocenters. The van der Waals surface area contributed by atoms with E-state index in [-0.39, 0.29) is 33.8 Å². The average Bonchev–Trinajstić information content (AvgIpc) is 3.23. The molecule has 0 radical (unpaired) electrons. The van der Waals surface area contributed by atoms with Crippen LogP contribution in [0.15, 0.2) is 54.0 Å². The first-order chi connectivity index (χ1) is 17.3. The number of nitrogens with zero attached hydrogens (tertiary/aromatic N) is 6. The number of carbonyl (C=O) groups is 1. The van der Waals surface area contributed by atoms with E-state index in [0.29, 0.717) is 30.6 Å². The van der Waals surface area contributed by atoms with Crippen LogP contribution in [0.4, 0.5) is 10.1 Å².